The number of likely N-dealkylation sites (tertiary alicyclic amines) is 2. The number of nitrogens with one attached hydrogen (secondary N) is 4. The molecule has 3 aromatic carbocycles. The molecule has 2 saturated carbocycles. The lowest BCUT2D eigenvalue weighted by Gasteiger charge is -2.28. The molecule has 6 atom stereocenters. The number of ether oxygens (including phenoxy) is 2. The highest BCUT2D eigenvalue weighted by molar-refractivity contribution is 5.91. The van der Waals surface area contributed by atoms with Crippen molar-refractivity contribution in [1.29, 1.82) is 0 Å². The zero-order valence-electron chi connectivity index (χ0n) is 34.4. The van der Waals surface area contributed by atoms with Gasteiger partial charge in [-0.15, -0.1) is 0 Å². The number of amides is 4. The van der Waals surface area contributed by atoms with E-state index in [0.717, 1.165) is 94.6 Å². The van der Waals surface area contributed by atoms with Gasteiger partial charge in [-0.1, -0.05) is 62.4 Å². The molecule has 5 aromatic rings. The molecular weight excluding hydrogens is 761 g/mol. The first kappa shape index (κ1) is 39.3. The lowest BCUT2D eigenvalue weighted by Crippen LogP contribution is -2.49. The number of hydrogen-bond acceptors (Lipinski definition) is 8. The SMILES string of the molecule is COC(=O)NC(C(=O)N1C[C@@H](C)C[C@H]1c1ncc(-c2ccc(-c3ccc4cc(-c5cnc([C@@H]6C[C@H](C)CN6C(=O)C(NC(=O)OC)C6CC6)[nH]5)ccc4c3)cc2)[nH]1)C1CC1. The Hall–Kier alpha value is -6.18. The highest BCUT2D eigenvalue weighted by Gasteiger charge is 2.46. The third kappa shape index (κ3) is 7.94. The maximum Gasteiger partial charge on any atom is 0.407 e. The van der Waals surface area contributed by atoms with E-state index < -0.39 is 24.3 Å². The topological polar surface area (TPSA) is 175 Å². The van der Waals surface area contributed by atoms with E-state index in [0.29, 0.717) is 24.9 Å². The number of hydrogen-bond donors (Lipinski definition) is 4. The molecule has 4 amide bonds. The second-order valence-corrected chi connectivity index (χ2v) is 17.3. The number of fused-ring (bicyclic) bond motifs is 1. The van der Waals surface area contributed by atoms with Crippen LogP contribution in [0.25, 0.3) is 44.4 Å². The first-order chi connectivity index (χ1) is 29.1. The summed E-state index contributed by atoms with van der Waals surface area (Å²) in [7, 11) is 2.63. The minimum absolute atomic E-state index is 0.0768. The van der Waals surface area contributed by atoms with Crippen LogP contribution in [0.5, 0.6) is 0 Å². The Balaban J connectivity index is 0.876. The second-order valence-electron chi connectivity index (χ2n) is 17.3. The number of aromatic nitrogens is 4. The summed E-state index contributed by atoms with van der Waals surface area (Å²) >= 11 is 0. The Bertz CT molecular complexity index is 2420. The van der Waals surface area contributed by atoms with E-state index in [2.05, 4.69) is 95.1 Å². The predicted octanol–water partition coefficient (Wildman–Crippen LogP) is 7.38. The fourth-order valence-electron chi connectivity index (χ4n) is 9.19. The number of rotatable bonds is 11. The van der Waals surface area contributed by atoms with Gasteiger partial charge in [0.1, 0.15) is 23.7 Å². The van der Waals surface area contributed by atoms with Gasteiger partial charge in [0.05, 0.1) is 50.1 Å². The van der Waals surface area contributed by atoms with E-state index in [1.165, 1.54) is 14.2 Å². The largest absolute Gasteiger partial charge is 0.453 e. The number of carbonyl (C=O) groups is 4. The average molecular weight is 813 g/mol. The lowest BCUT2D eigenvalue weighted by atomic mass is 9.98. The number of H-pyrrole nitrogens is 2. The smallest absolute Gasteiger partial charge is 0.407 e. The molecule has 4 fully saturated rings. The van der Waals surface area contributed by atoms with Gasteiger partial charge in [-0.25, -0.2) is 19.6 Å². The summed E-state index contributed by atoms with van der Waals surface area (Å²) < 4.78 is 9.63. The first-order valence-electron chi connectivity index (χ1n) is 21.1. The number of methoxy groups -OCH3 is 2. The Labute approximate surface area is 348 Å². The van der Waals surface area contributed by atoms with Crippen LogP contribution in [-0.2, 0) is 19.1 Å². The molecule has 0 spiro atoms. The maximum atomic E-state index is 13.8. The summed E-state index contributed by atoms with van der Waals surface area (Å²) in [5.74, 6) is 2.22. The molecule has 9 rings (SSSR count). The van der Waals surface area contributed by atoms with Crippen LogP contribution >= 0.6 is 0 Å². The molecule has 4 N–H and O–H groups in total. The van der Waals surface area contributed by atoms with Crippen LogP contribution in [0, 0.1) is 23.7 Å². The molecular formula is C46H52N8O6. The summed E-state index contributed by atoms with van der Waals surface area (Å²) in [6.07, 6.45) is 7.73. The number of alkyl carbamates (subject to hydrolysis) is 2. The predicted molar refractivity (Wildman–Crippen MR) is 225 cm³/mol. The van der Waals surface area contributed by atoms with Gasteiger partial charge in [0.25, 0.3) is 0 Å². The van der Waals surface area contributed by atoms with E-state index >= 15 is 0 Å². The number of carbonyl (C=O) groups excluding carboxylic acids is 4. The monoisotopic (exact) mass is 812 g/mol. The third-order valence-electron chi connectivity index (χ3n) is 12.7. The van der Waals surface area contributed by atoms with Gasteiger partial charge in [0.15, 0.2) is 0 Å². The summed E-state index contributed by atoms with van der Waals surface area (Å²) in [5, 5.41) is 7.77. The first-order valence-corrected chi connectivity index (χ1v) is 21.1. The van der Waals surface area contributed by atoms with Crippen molar-refractivity contribution in [3.8, 4) is 33.6 Å². The van der Waals surface area contributed by atoms with Gasteiger partial charge in [-0.3, -0.25) is 9.59 Å². The van der Waals surface area contributed by atoms with Crippen molar-refractivity contribution in [1.82, 2.24) is 40.4 Å². The van der Waals surface area contributed by atoms with Crippen molar-refractivity contribution >= 4 is 34.8 Å². The van der Waals surface area contributed by atoms with Crippen LogP contribution in [0.15, 0.2) is 73.1 Å². The standard InChI is InChI=1S/C46H52N8O6/c1-25-17-37(53(23-25)43(55)39(29-9-10-29)51-45(57)59-3)41-47-21-35(49-41)28-7-5-27(6-8-28)31-13-14-33-20-34(16-15-32(33)19-31)36-22-48-42(50-36)38-18-26(2)24-54(38)44(56)40(30-11-12-30)52-46(58)60-4/h5-8,13-16,19-22,25-26,29-30,37-40H,9-12,17-18,23-24H2,1-4H3,(H,47,49)(H,48,50)(H,51,57)(H,52,58)/t25-,26-,37-,38-,39?,40?/m0/s1. The molecule has 2 aliphatic heterocycles. The Morgan fingerprint density at radius 2 is 1.03 bits per heavy atom. The highest BCUT2D eigenvalue weighted by atomic mass is 16.5. The zero-order chi connectivity index (χ0) is 41.7. The Morgan fingerprint density at radius 3 is 1.50 bits per heavy atom. The minimum Gasteiger partial charge on any atom is -0.453 e. The second kappa shape index (κ2) is 16.1. The van der Waals surface area contributed by atoms with Crippen LogP contribution < -0.4 is 10.6 Å². The fraction of sp³-hybridized carbons (Fsp3) is 0.435. The molecule has 2 saturated heterocycles. The van der Waals surface area contributed by atoms with E-state index in [1.54, 1.807) is 0 Å². The Morgan fingerprint density at radius 1 is 0.617 bits per heavy atom. The molecule has 4 heterocycles. The van der Waals surface area contributed by atoms with Crippen LogP contribution in [-0.4, -0.2) is 93.1 Å². The Kier molecular flexibility index (Phi) is 10.6. The van der Waals surface area contributed by atoms with Gasteiger partial charge >= 0.3 is 12.2 Å². The maximum absolute atomic E-state index is 13.8. The number of benzene rings is 3. The van der Waals surface area contributed by atoms with Crippen LogP contribution in [0.2, 0.25) is 0 Å². The summed E-state index contributed by atoms with van der Waals surface area (Å²) in [5.41, 5.74) is 5.94. The van der Waals surface area contributed by atoms with E-state index in [4.69, 9.17) is 19.4 Å². The van der Waals surface area contributed by atoms with E-state index in [1.807, 2.05) is 22.2 Å². The minimum atomic E-state index is -0.588. The van der Waals surface area contributed by atoms with Crippen molar-refractivity contribution < 1.29 is 28.7 Å². The van der Waals surface area contributed by atoms with Crippen LogP contribution in [0.4, 0.5) is 9.59 Å². The average Bonchev–Trinajstić information content (AvgIpc) is 4.08. The number of aromatic amines is 2. The molecule has 2 aromatic heterocycles. The molecule has 60 heavy (non-hydrogen) atoms. The number of nitrogens with zero attached hydrogens (tertiary/aromatic N) is 4. The van der Waals surface area contributed by atoms with E-state index in [-0.39, 0.29) is 35.7 Å². The van der Waals surface area contributed by atoms with Crippen LogP contribution in [0.1, 0.15) is 76.1 Å². The normalized spacial score (nSPS) is 22.4. The van der Waals surface area contributed by atoms with Gasteiger partial charge in [-0.05, 0) is 102 Å². The molecule has 0 radical (unpaired) electrons. The summed E-state index contributed by atoms with van der Waals surface area (Å²) in [6, 6.07) is 19.6. The molecule has 14 heteroatoms. The van der Waals surface area contributed by atoms with Gasteiger partial charge in [0.2, 0.25) is 11.8 Å². The summed E-state index contributed by atoms with van der Waals surface area (Å²) in [6.45, 7) is 5.50. The van der Waals surface area contributed by atoms with Crippen LogP contribution in [0.3, 0.4) is 0 Å². The number of imidazole rings is 2. The molecule has 0 bridgehead atoms. The zero-order valence-corrected chi connectivity index (χ0v) is 34.4. The molecule has 2 aliphatic carbocycles. The van der Waals surface area contributed by atoms with E-state index in [9.17, 15) is 19.2 Å². The van der Waals surface area contributed by atoms with Gasteiger partial charge < -0.3 is 39.9 Å². The molecule has 2 unspecified atom stereocenters. The third-order valence-corrected chi connectivity index (χ3v) is 12.7. The van der Waals surface area contributed by atoms with Crippen molar-refractivity contribution in [2.24, 2.45) is 23.7 Å². The highest BCUT2D eigenvalue weighted by Crippen LogP contribution is 2.41. The quantitative estimate of drug-likeness (QED) is 0.107. The fourth-order valence-corrected chi connectivity index (χ4v) is 9.19. The van der Waals surface area contributed by atoms with Gasteiger partial charge in [0, 0.05) is 18.7 Å². The van der Waals surface area contributed by atoms with Crippen molar-refractivity contribution in [2.75, 3.05) is 27.3 Å². The lowest BCUT2D eigenvalue weighted by molar-refractivity contribution is -0.135. The van der Waals surface area contributed by atoms with Crippen molar-refractivity contribution in [3.05, 3.63) is 84.7 Å². The molecule has 312 valence electrons. The van der Waals surface area contributed by atoms with Gasteiger partial charge in [-0.2, -0.15) is 0 Å². The van der Waals surface area contributed by atoms with Crippen molar-refractivity contribution in [2.45, 2.75) is 76.5 Å². The molecule has 4 aliphatic rings. The molecule has 14 nitrogen and oxygen atoms in total. The summed E-state index contributed by atoms with van der Waals surface area (Å²) in [4.78, 5) is 71.9. The van der Waals surface area contributed by atoms with Crippen molar-refractivity contribution in [3.63, 3.8) is 0 Å².